The second kappa shape index (κ2) is 9.62. The molecule has 0 bridgehead atoms. The SMILES string of the molecule is Cc1cccc(NC(=O)Cn2nnc(-c3cccc(NC(=O)c4cccc(Cl)c4)c3)n2)c1C. The lowest BCUT2D eigenvalue weighted by atomic mass is 10.1. The minimum atomic E-state index is -0.283. The number of benzene rings is 3. The van der Waals surface area contributed by atoms with Gasteiger partial charge in [-0.2, -0.15) is 4.80 Å². The third-order valence-corrected chi connectivity index (χ3v) is 5.32. The summed E-state index contributed by atoms with van der Waals surface area (Å²) in [4.78, 5) is 26.1. The van der Waals surface area contributed by atoms with Crippen molar-refractivity contribution in [2.24, 2.45) is 0 Å². The van der Waals surface area contributed by atoms with Crippen molar-refractivity contribution in [2.45, 2.75) is 20.4 Å². The van der Waals surface area contributed by atoms with E-state index in [1.165, 1.54) is 4.80 Å². The Morgan fingerprint density at radius 1 is 0.970 bits per heavy atom. The number of rotatable bonds is 6. The van der Waals surface area contributed by atoms with Gasteiger partial charge in [-0.3, -0.25) is 9.59 Å². The molecule has 4 aromatic rings. The predicted octanol–water partition coefficient (Wildman–Crippen LogP) is 4.50. The normalized spacial score (nSPS) is 10.6. The van der Waals surface area contributed by atoms with Crippen molar-refractivity contribution >= 4 is 34.8 Å². The summed E-state index contributed by atoms with van der Waals surface area (Å²) in [5, 5.41) is 18.5. The van der Waals surface area contributed by atoms with E-state index >= 15 is 0 Å². The molecule has 0 saturated carbocycles. The maximum atomic E-state index is 12.5. The highest BCUT2D eigenvalue weighted by atomic mass is 35.5. The number of hydrogen-bond donors (Lipinski definition) is 2. The van der Waals surface area contributed by atoms with Crippen LogP contribution in [0.3, 0.4) is 0 Å². The van der Waals surface area contributed by atoms with E-state index in [1.807, 2.05) is 32.0 Å². The van der Waals surface area contributed by atoms with Crippen LogP contribution in [-0.2, 0) is 11.3 Å². The van der Waals surface area contributed by atoms with Gasteiger partial charge < -0.3 is 10.6 Å². The monoisotopic (exact) mass is 460 g/mol. The molecule has 0 saturated heterocycles. The van der Waals surface area contributed by atoms with Crippen molar-refractivity contribution in [3.63, 3.8) is 0 Å². The number of nitrogens with zero attached hydrogens (tertiary/aromatic N) is 4. The number of carbonyl (C=O) groups is 2. The third kappa shape index (κ3) is 5.42. The Bertz CT molecular complexity index is 1330. The van der Waals surface area contributed by atoms with Gasteiger partial charge in [-0.1, -0.05) is 41.9 Å². The number of aryl methyl sites for hydroxylation is 1. The Morgan fingerprint density at radius 3 is 2.58 bits per heavy atom. The lowest BCUT2D eigenvalue weighted by Gasteiger charge is -2.09. The second-order valence-corrected chi connectivity index (χ2v) is 7.92. The molecule has 3 aromatic carbocycles. The topological polar surface area (TPSA) is 102 Å². The number of nitrogens with one attached hydrogen (secondary N) is 2. The highest BCUT2D eigenvalue weighted by Gasteiger charge is 2.12. The highest BCUT2D eigenvalue weighted by Crippen LogP contribution is 2.21. The summed E-state index contributed by atoms with van der Waals surface area (Å²) in [5.41, 5.74) is 4.53. The molecule has 0 aliphatic carbocycles. The Hall–Kier alpha value is -4.04. The summed E-state index contributed by atoms with van der Waals surface area (Å²) in [6.45, 7) is 3.86. The fourth-order valence-corrected chi connectivity index (χ4v) is 3.39. The highest BCUT2D eigenvalue weighted by molar-refractivity contribution is 6.31. The quantitative estimate of drug-likeness (QED) is 0.441. The van der Waals surface area contributed by atoms with Crippen LogP contribution < -0.4 is 10.6 Å². The Kier molecular flexibility index (Phi) is 6.46. The molecule has 166 valence electrons. The van der Waals surface area contributed by atoms with E-state index in [0.717, 1.165) is 16.8 Å². The van der Waals surface area contributed by atoms with Crippen LogP contribution in [-0.4, -0.2) is 32.0 Å². The van der Waals surface area contributed by atoms with Crippen LogP contribution >= 0.6 is 11.6 Å². The molecule has 0 aliphatic rings. The van der Waals surface area contributed by atoms with Crippen molar-refractivity contribution in [1.29, 1.82) is 0 Å². The number of amides is 2. The molecule has 1 aromatic heterocycles. The fraction of sp³-hybridized carbons (Fsp3) is 0.125. The number of tetrazole rings is 1. The third-order valence-electron chi connectivity index (χ3n) is 5.08. The van der Waals surface area contributed by atoms with Gasteiger partial charge in [0, 0.05) is 27.5 Å². The summed E-state index contributed by atoms with van der Waals surface area (Å²) in [6, 6.07) is 19.5. The molecule has 2 amide bonds. The van der Waals surface area contributed by atoms with Crippen LogP contribution in [0.25, 0.3) is 11.4 Å². The molecular formula is C24H21ClN6O2. The average Bonchev–Trinajstić information content (AvgIpc) is 3.25. The molecular weight excluding hydrogens is 440 g/mol. The van der Waals surface area contributed by atoms with Crippen molar-refractivity contribution in [3.8, 4) is 11.4 Å². The number of halogens is 1. The fourth-order valence-electron chi connectivity index (χ4n) is 3.20. The van der Waals surface area contributed by atoms with Gasteiger partial charge in [-0.25, -0.2) is 0 Å². The largest absolute Gasteiger partial charge is 0.324 e. The standard InChI is InChI=1S/C24H21ClN6O2/c1-15-6-3-11-21(16(15)2)27-22(32)14-31-29-23(28-30-31)17-7-5-10-20(13-17)26-24(33)18-8-4-9-19(25)12-18/h3-13H,14H2,1-2H3,(H,26,33)(H,27,32). The Morgan fingerprint density at radius 2 is 1.76 bits per heavy atom. The predicted molar refractivity (Wildman–Crippen MR) is 127 cm³/mol. The molecule has 8 nitrogen and oxygen atoms in total. The molecule has 1 heterocycles. The van der Waals surface area contributed by atoms with Crippen LogP contribution in [0.5, 0.6) is 0 Å². The molecule has 0 fully saturated rings. The van der Waals surface area contributed by atoms with E-state index in [4.69, 9.17) is 11.6 Å². The zero-order valence-corrected chi connectivity index (χ0v) is 18.8. The lowest BCUT2D eigenvalue weighted by molar-refractivity contribution is -0.117. The Labute approximate surface area is 195 Å². The summed E-state index contributed by atoms with van der Waals surface area (Å²) in [6.07, 6.45) is 0. The molecule has 2 N–H and O–H groups in total. The molecule has 0 unspecified atom stereocenters. The number of aromatic nitrogens is 4. The summed E-state index contributed by atoms with van der Waals surface area (Å²) < 4.78 is 0. The van der Waals surface area contributed by atoms with Crippen LogP contribution in [0.2, 0.25) is 5.02 Å². The molecule has 0 radical (unpaired) electrons. The lowest BCUT2D eigenvalue weighted by Crippen LogP contribution is -2.21. The van der Waals surface area contributed by atoms with E-state index in [-0.39, 0.29) is 18.4 Å². The maximum absolute atomic E-state index is 12.5. The minimum absolute atomic E-state index is 0.0778. The minimum Gasteiger partial charge on any atom is -0.324 e. The Balaban J connectivity index is 1.43. The van der Waals surface area contributed by atoms with Crippen LogP contribution in [0.15, 0.2) is 66.7 Å². The first-order chi connectivity index (χ1) is 15.9. The molecule has 0 aliphatic heterocycles. The number of hydrogen-bond acceptors (Lipinski definition) is 5. The van der Waals surface area contributed by atoms with Crippen molar-refractivity contribution in [2.75, 3.05) is 10.6 Å². The van der Waals surface area contributed by atoms with Gasteiger partial charge in [0.25, 0.3) is 5.91 Å². The smallest absolute Gasteiger partial charge is 0.255 e. The summed E-state index contributed by atoms with van der Waals surface area (Å²) in [5.74, 6) is -0.196. The average molecular weight is 461 g/mol. The van der Waals surface area contributed by atoms with Gasteiger partial charge in [0.1, 0.15) is 6.54 Å². The first kappa shape index (κ1) is 22.2. The van der Waals surface area contributed by atoms with Gasteiger partial charge >= 0.3 is 0 Å². The van der Waals surface area contributed by atoms with Crippen molar-refractivity contribution in [3.05, 3.63) is 88.4 Å². The van der Waals surface area contributed by atoms with Crippen molar-refractivity contribution in [1.82, 2.24) is 20.2 Å². The van der Waals surface area contributed by atoms with E-state index < -0.39 is 0 Å². The molecule has 0 atom stereocenters. The molecule has 4 rings (SSSR count). The van der Waals surface area contributed by atoms with E-state index in [9.17, 15) is 9.59 Å². The van der Waals surface area contributed by atoms with Crippen LogP contribution in [0, 0.1) is 13.8 Å². The van der Waals surface area contributed by atoms with E-state index in [2.05, 4.69) is 26.0 Å². The van der Waals surface area contributed by atoms with Gasteiger partial charge in [-0.15, -0.1) is 10.2 Å². The zero-order valence-electron chi connectivity index (χ0n) is 18.0. The first-order valence-corrected chi connectivity index (χ1v) is 10.6. The summed E-state index contributed by atoms with van der Waals surface area (Å²) >= 11 is 5.96. The maximum Gasteiger partial charge on any atom is 0.255 e. The van der Waals surface area contributed by atoms with E-state index in [0.29, 0.717) is 27.7 Å². The first-order valence-electron chi connectivity index (χ1n) is 10.2. The zero-order chi connectivity index (χ0) is 23.4. The van der Waals surface area contributed by atoms with Crippen molar-refractivity contribution < 1.29 is 9.59 Å². The van der Waals surface area contributed by atoms with Gasteiger partial charge in [0.05, 0.1) is 0 Å². The molecule has 0 spiro atoms. The van der Waals surface area contributed by atoms with E-state index in [1.54, 1.807) is 48.5 Å². The molecule has 33 heavy (non-hydrogen) atoms. The second-order valence-electron chi connectivity index (χ2n) is 7.48. The van der Waals surface area contributed by atoms with Gasteiger partial charge in [0.2, 0.25) is 11.7 Å². The van der Waals surface area contributed by atoms with Gasteiger partial charge in [-0.05, 0) is 66.6 Å². The van der Waals surface area contributed by atoms with Crippen LogP contribution in [0.4, 0.5) is 11.4 Å². The summed E-state index contributed by atoms with van der Waals surface area (Å²) in [7, 11) is 0. The number of anilines is 2. The van der Waals surface area contributed by atoms with Gasteiger partial charge in [0.15, 0.2) is 0 Å². The van der Waals surface area contributed by atoms with Crippen LogP contribution in [0.1, 0.15) is 21.5 Å². The number of carbonyl (C=O) groups excluding carboxylic acids is 2. The molecule has 9 heteroatoms.